The molecule has 0 N–H and O–H groups in total. The van der Waals surface area contributed by atoms with Crippen LogP contribution in [0, 0.1) is 13.8 Å². The first kappa shape index (κ1) is 60.3. The fraction of sp³-hybridized carbons (Fsp3) is 0.218. The van der Waals surface area contributed by atoms with Crippen molar-refractivity contribution in [2.24, 2.45) is 0 Å². The molecule has 10 aromatic carbocycles. The molecule has 0 atom stereocenters. The van der Waals surface area contributed by atoms with E-state index in [4.69, 9.17) is 19.9 Å². The summed E-state index contributed by atoms with van der Waals surface area (Å²) in [6, 6.07) is 92.7. The first-order valence-corrected chi connectivity index (χ1v) is 33.5. The predicted molar refractivity (Wildman–Crippen MR) is 384 cm³/mol. The minimum absolute atomic E-state index is 0.0667. The predicted octanol–water partition coefficient (Wildman–Crippen LogP) is 24.3. The SMILES string of the molecule is CCCCCCCCC1(CCCCCCCC)c2cc(C)ccc2-c2ccc(-c3cc(-c4ccc(-c5ccc(-c6cc(C)nc(-c7cc(-c8ccccc8)cc(-c8ccccc8)c7)n6)cc5)cc4)nc(-c4cc(-c5ccccc5)cc(-c5ccccc5)c4)n3)cc21. The van der Waals surface area contributed by atoms with Crippen molar-refractivity contribution in [3.63, 3.8) is 0 Å². The van der Waals surface area contributed by atoms with E-state index in [1.807, 2.05) is 0 Å². The maximum Gasteiger partial charge on any atom is 0.160 e. The van der Waals surface area contributed by atoms with Crippen molar-refractivity contribution in [1.82, 2.24) is 19.9 Å². The van der Waals surface area contributed by atoms with Gasteiger partial charge in [-0.3, -0.25) is 0 Å². The van der Waals surface area contributed by atoms with E-state index >= 15 is 0 Å². The van der Waals surface area contributed by atoms with Crippen molar-refractivity contribution in [2.45, 2.75) is 123 Å². The van der Waals surface area contributed by atoms with Crippen LogP contribution in [0.25, 0.3) is 123 Å². The Morgan fingerprint density at radius 2 is 0.582 bits per heavy atom. The van der Waals surface area contributed by atoms with Gasteiger partial charge in [-0.05, 0) is 159 Å². The summed E-state index contributed by atoms with van der Waals surface area (Å²) in [6.07, 6.45) is 17.7. The van der Waals surface area contributed by atoms with E-state index in [2.05, 4.69) is 282 Å². The molecule has 0 radical (unpaired) electrons. The van der Waals surface area contributed by atoms with E-state index in [1.165, 1.54) is 105 Å². The molecule has 0 fully saturated rings. The summed E-state index contributed by atoms with van der Waals surface area (Å²) in [5, 5.41) is 0. The van der Waals surface area contributed by atoms with Gasteiger partial charge in [-0.25, -0.2) is 19.9 Å². The quantitative estimate of drug-likeness (QED) is 0.0566. The van der Waals surface area contributed by atoms with Gasteiger partial charge >= 0.3 is 0 Å². The third kappa shape index (κ3) is 13.6. The summed E-state index contributed by atoms with van der Waals surface area (Å²) >= 11 is 0. The fourth-order valence-electron chi connectivity index (χ4n) is 13.9. The van der Waals surface area contributed by atoms with Crippen LogP contribution >= 0.6 is 0 Å². The molecular weight excluding hydrogens is 1100 g/mol. The number of hydrogen-bond donors (Lipinski definition) is 0. The number of aryl methyl sites for hydroxylation is 2. The van der Waals surface area contributed by atoms with E-state index in [0.29, 0.717) is 11.6 Å². The van der Waals surface area contributed by atoms with Gasteiger partial charge in [0, 0.05) is 38.9 Å². The van der Waals surface area contributed by atoms with Crippen LogP contribution in [0.1, 0.15) is 126 Å². The molecule has 0 saturated heterocycles. The second kappa shape index (κ2) is 28.0. The number of rotatable bonds is 24. The Bertz CT molecular complexity index is 4290. The first-order chi connectivity index (χ1) is 44.8. The van der Waals surface area contributed by atoms with Crippen molar-refractivity contribution >= 4 is 0 Å². The van der Waals surface area contributed by atoms with Crippen molar-refractivity contribution in [3.05, 3.63) is 277 Å². The summed E-state index contributed by atoms with van der Waals surface area (Å²) < 4.78 is 0. The molecule has 1 aliphatic carbocycles. The zero-order valence-corrected chi connectivity index (χ0v) is 53.4. The Balaban J connectivity index is 0.872. The van der Waals surface area contributed by atoms with Crippen LogP contribution in [0.15, 0.2) is 255 Å². The summed E-state index contributed by atoms with van der Waals surface area (Å²) in [5.74, 6) is 1.41. The van der Waals surface area contributed by atoms with Crippen LogP contribution in [-0.4, -0.2) is 19.9 Å². The highest BCUT2D eigenvalue weighted by molar-refractivity contribution is 5.87. The summed E-state index contributed by atoms with van der Waals surface area (Å²) in [4.78, 5) is 21.5. The average Bonchev–Trinajstić information content (AvgIpc) is 1.58. The summed E-state index contributed by atoms with van der Waals surface area (Å²) in [6.45, 7) is 8.97. The highest BCUT2D eigenvalue weighted by Gasteiger charge is 2.42. The zero-order valence-electron chi connectivity index (χ0n) is 53.4. The third-order valence-corrected chi connectivity index (χ3v) is 18.8. The molecule has 0 saturated carbocycles. The fourth-order valence-corrected chi connectivity index (χ4v) is 13.9. The summed E-state index contributed by atoms with van der Waals surface area (Å²) in [5.41, 5.74) is 27.2. The van der Waals surface area contributed by atoms with Crippen LogP contribution in [0.5, 0.6) is 0 Å². The van der Waals surface area contributed by atoms with E-state index in [-0.39, 0.29) is 5.41 Å². The minimum atomic E-state index is -0.0667. The molecule has 4 heteroatoms. The first-order valence-electron chi connectivity index (χ1n) is 33.5. The lowest BCUT2D eigenvalue weighted by Crippen LogP contribution is -2.25. The van der Waals surface area contributed by atoms with E-state index < -0.39 is 0 Å². The molecule has 0 bridgehead atoms. The van der Waals surface area contributed by atoms with E-state index in [9.17, 15) is 0 Å². The highest BCUT2D eigenvalue weighted by atomic mass is 14.9. The van der Waals surface area contributed by atoms with Gasteiger partial charge in [0.2, 0.25) is 0 Å². The van der Waals surface area contributed by atoms with Gasteiger partial charge in [-0.2, -0.15) is 0 Å². The highest BCUT2D eigenvalue weighted by Crippen LogP contribution is 2.55. The van der Waals surface area contributed by atoms with Gasteiger partial charge in [-0.1, -0.05) is 297 Å². The molecule has 13 rings (SSSR count). The molecule has 0 amide bonds. The third-order valence-electron chi connectivity index (χ3n) is 18.8. The molecule has 1 aliphatic rings. The second-order valence-electron chi connectivity index (χ2n) is 25.3. The Morgan fingerprint density at radius 3 is 1.02 bits per heavy atom. The Kier molecular flexibility index (Phi) is 18.6. The number of nitrogens with zero attached hydrogens (tertiary/aromatic N) is 4. The monoisotopic (exact) mass is 1180 g/mol. The smallest absolute Gasteiger partial charge is 0.160 e. The Morgan fingerprint density at radius 1 is 0.253 bits per heavy atom. The number of benzene rings is 10. The lowest BCUT2D eigenvalue weighted by atomic mass is 9.70. The van der Waals surface area contributed by atoms with Gasteiger partial charge in [0.1, 0.15) is 0 Å². The molecule has 2 heterocycles. The van der Waals surface area contributed by atoms with E-state index in [0.717, 1.165) is 119 Å². The van der Waals surface area contributed by atoms with Gasteiger partial charge in [0.25, 0.3) is 0 Å². The Hall–Kier alpha value is -9.64. The van der Waals surface area contributed by atoms with Crippen LogP contribution in [-0.2, 0) is 5.41 Å². The van der Waals surface area contributed by atoms with Crippen LogP contribution in [0.3, 0.4) is 0 Å². The molecule has 0 unspecified atom stereocenters. The number of aromatic nitrogens is 4. The standard InChI is InChI=1S/C87H82N4/c1-5-7-9-11-13-27-49-87(50-28-14-12-10-8-6-2)80-51-61(3)37-47-78(80)79-48-46-71(59-81(79)87)84-60-83(90-86(91-84)77-57-74(65-33-23-17-24-34-65)54-75(58-77)66-35-25-18-26-36-66)70-44-40-68(41-45-70)67-38-42-69(43-39-67)82-52-62(4)88-85(89-82)76-55-72(63-29-19-15-20-30-63)53-73(56-76)64-31-21-16-22-32-64/h15-26,29-48,51-60H,5-14,27-28,49-50H2,1-4H3. The van der Waals surface area contributed by atoms with E-state index in [1.54, 1.807) is 0 Å². The van der Waals surface area contributed by atoms with Gasteiger partial charge in [0.05, 0.1) is 17.1 Å². The van der Waals surface area contributed by atoms with Crippen molar-refractivity contribution < 1.29 is 0 Å². The Labute approximate surface area is 540 Å². The molecule has 2 aromatic heterocycles. The van der Waals surface area contributed by atoms with Crippen LogP contribution in [0.2, 0.25) is 0 Å². The van der Waals surface area contributed by atoms with Crippen molar-refractivity contribution in [2.75, 3.05) is 0 Å². The molecule has 12 aromatic rings. The molecule has 0 aliphatic heterocycles. The van der Waals surface area contributed by atoms with Gasteiger partial charge in [-0.15, -0.1) is 0 Å². The lowest BCUT2D eigenvalue weighted by molar-refractivity contribution is 0.398. The average molecular weight is 1180 g/mol. The molecule has 91 heavy (non-hydrogen) atoms. The maximum absolute atomic E-state index is 5.65. The molecular formula is C87H82N4. The minimum Gasteiger partial charge on any atom is -0.233 e. The normalized spacial score (nSPS) is 12.2. The zero-order chi connectivity index (χ0) is 61.9. The van der Waals surface area contributed by atoms with Crippen molar-refractivity contribution in [3.8, 4) is 123 Å². The number of unbranched alkanes of at least 4 members (excludes halogenated alkanes) is 10. The van der Waals surface area contributed by atoms with Gasteiger partial charge < -0.3 is 0 Å². The van der Waals surface area contributed by atoms with Crippen LogP contribution in [0.4, 0.5) is 0 Å². The number of fused-ring (bicyclic) bond motifs is 3. The molecule has 450 valence electrons. The van der Waals surface area contributed by atoms with Gasteiger partial charge in [0.15, 0.2) is 11.6 Å². The molecule has 4 nitrogen and oxygen atoms in total. The largest absolute Gasteiger partial charge is 0.233 e. The maximum atomic E-state index is 5.65. The second-order valence-corrected chi connectivity index (χ2v) is 25.3. The topological polar surface area (TPSA) is 51.6 Å². The number of hydrogen-bond acceptors (Lipinski definition) is 4. The lowest BCUT2D eigenvalue weighted by Gasteiger charge is -2.33. The molecule has 0 spiro atoms. The summed E-state index contributed by atoms with van der Waals surface area (Å²) in [7, 11) is 0. The van der Waals surface area contributed by atoms with Crippen LogP contribution < -0.4 is 0 Å². The van der Waals surface area contributed by atoms with Crippen molar-refractivity contribution in [1.29, 1.82) is 0 Å².